The predicted octanol–water partition coefficient (Wildman–Crippen LogP) is 3.12. The van der Waals surface area contributed by atoms with Crippen molar-refractivity contribution in [1.82, 2.24) is 0 Å². The molecule has 0 radical (unpaired) electrons. The maximum Gasteiger partial charge on any atom is 0.338 e. The number of halogens is 2. The van der Waals surface area contributed by atoms with Crippen LogP contribution >= 0.6 is 0 Å². The second-order valence-electron chi connectivity index (χ2n) is 4.19. The Morgan fingerprint density at radius 1 is 1.05 bits per heavy atom. The molecule has 0 spiro atoms. The molecular formula is C15H10F2O4. The first-order valence-corrected chi connectivity index (χ1v) is 5.85. The average Bonchev–Trinajstić information content (AvgIpc) is 2.47. The highest BCUT2D eigenvalue weighted by Gasteiger charge is 2.15. The Hall–Kier alpha value is -2.76. The van der Waals surface area contributed by atoms with E-state index < -0.39 is 29.1 Å². The lowest BCUT2D eigenvalue weighted by molar-refractivity contribution is 0.0599. The summed E-state index contributed by atoms with van der Waals surface area (Å²) < 4.78 is 31.7. The predicted molar refractivity (Wildman–Crippen MR) is 70.1 cm³/mol. The van der Waals surface area contributed by atoms with Crippen molar-refractivity contribution in [2.24, 2.45) is 0 Å². The van der Waals surface area contributed by atoms with Gasteiger partial charge in [-0.05, 0) is 35.9 Å². The number of carboxylic acids is 1. The highest BCUT2D eigenvalue weighted by molar-refractivity contribution is 5.92. The molecule has 0 aliphatic carbocycles. The fraction of sp³-hybridized carbons (Fsp3) is 0.0667. The van der Waals surface area contributed by atoms with Gasteiger partial charge in [-0.3, -0.25) is 0 Å². The molecule has 21 heavy (non-hydrogen) atoms. The van der Waals surface area contributed by atoms with Crippen molar-refractivity contribution >= 4 is 11.9 Å². The quantitative estimate of drug-likeness (QED) is 0.883. The van der Waals surface area contributed by atoms with Crippen molar-refractivity contribution in [2.75, 3.05) is 7.11 Å². The summed E-state index contributed by atoms with van der Waals surface area (Å²) in [7, 11) is 1.19. The lowest BCUT2D eigenvalue weighted by atomic mass is 10.00. The summed E-state index contributed by atoms with van der Waals surface area (Å²) in [6.07, 6.45) is 0. The number of carbonyl (C=O) groups excluding carboxylic acids is 1. The smallest absolute Gasteiger partial charge is 0.338 e. The van der Waals surface area contributed by atoms with E-state index in [1.807, 2.05) is 0 Å². The van der Waals surface area contributed by atoms with Crippen LogP contribution in [0.3, 0.4) is 0 Å². The van der Waals surface area contributed by atoms with Crippen molar-refractivity contribution in [3.8, 4) is 11.1 Å². The molecule has 4 nitrogen and oxygen atoms in total. The van der Waals surface area contributed by atoms with Gasteiger partial charge in [-0.2, -0.15) is 0 Å². The van der Waals surface area contributed by atoms with Gasteiger partial charge in [0, 0.05) is 5.56 Å². The van der Waals surface area contributed by atoms with Gasteiger partial charge in [0.15, 0.2) is 0 Å². The van der Waals surface area contributed by atoms with Gasteiger partial charge in [-0.15, -0.1) is 0 Å². The summed E-state index contributed by atoms with van der Waals surface area (Å²) in [5.41, 5.74) is -0.331. The number of carboxylic acid groups (broad SMARTS) is 1. The van der Waals surface area contributed by atoms with Gasteiger partial charge >= 0.3 is 11.9 Å². The first kappa shape index (κ1) is 14.6. The normalized spacial score (nSPS) is 10.2. The van der Waals surface area contributed by atoms with Crippen LogP contribution in [0, 0.1) is 11.6 Å². The molecule has 6 heteroatoms. The topological polar surface area (TPSA) is 63.6 Å². The highest BCUT2D eigenvalue weighted by atomic mass is 19.1. The monoisotopic (exact) mass is 292 g/mol. The number of methoxy groups -OCH3 is 1. The van der Waals surface area contributed by atoms with Gasteiger partial charge in [0.05, 0.1) is 18.2 Å². The van der Waals surface area contributed by atoms with Crippen LogP contribution in [0.5, 0.6) is 0 Å². The van der Waals surface area contributed by atoms with Crippen LogP contribution in [0.4, 0.5) is 8.78 Å². The number of aromatic carboxylic acids is 1. The van der Waals surface area contributed by atoms with E-state index in [2.05, 4.69) is 4.74 Å². The second-order valence-corrected chi connectivity index (χ2v) is 4.19. The third-order valence-electron chi connectivity index (χ3n) is 2.90. The lowest BCUT2D eigenvalue weighted by Crippen LogP contribution is -2.03. The van der Waals surface area contributed by atoms with E-state index in [1.54, 1.807) is 0 Å². The summed E-state index contributed by atoms with van der Waals surface area (Å²) in [4.78, 5) is 22.3. The molecule has 0 bridgehead atoms. The van der Waals surface area contributed by atoms with E-state index in [9.17, 15) is 18.4 Å². The van der Waals surface area contributed by atoms with Gasteiger partial charge in [0.25, 0.3) is 0 Å². The van der Waals surface area contributed by atoms with Crippen molar-refractivity contribution in [3.05, 3.63) is 59.2 Å². The SMILES string of the molecule is COC(=O)c1ccc(F)c(-c2ccc(F)c(C(=O)O)c2)c1. The van der Waals surface area contributed by atoms with Crippen molar-refractivity contribution in [2.45, 2.75) is 0 Å². The zero-order valence-corrected chi connectivity index (χ0v) is 10.9. The molecular weight excluding hydrogens is 282 g/mol. The molecule has 0 atom stereocenters. The van der Waals surface area contributed by atoms with Crippen LogP contribution < -0.4 is 0 Å². The molecule has 0 fully saturated rings. The molecule has 0 heterocycles. The maximum absolute atomic E-state index is 13.9. The Kier molecular flexibility index (Phi) is 3.98. The Labute approximate surface area is 118 Å². The molecule has 0 aliphatic rings. The number of ether oxygens (including phenoxy) is 1. The second kappa shape index (κ2) is 5.70. The maximum atomic E-state index is 13.9. The summed E-state index contributed by atoms with van der Waals surface area (Å²) in [5.74, 6) is -3.70. The van der Waals surface area contributed by atoms with Gasteiger partial charge in [0.2, 0.25) is 0 Å². The molecule has 2 rings (SSSR count). The largest absolute Gasteiger partial charge is 0.478 e. The van der Waals surface area contributed by atoms with Crippen LogP contribution in [-0.2, 0) is 4.74 Å². The third-order valence-corrected chi connectivity index (χ3v) is 2.90. The van der Waals surface area contributed by atoms with E-state index in [4.69, 9.17) is 5.11 Å². The summed E-state index contributed by atoms with van der Waals surface area (Å²) in [6.45, 7) is 0. The molecule has 108 valence electrons. The van der Waals surface area contributed by atoms with Crippen molar-refractivity contribution in [1.29, 1.82) is 0 Å². The molecule has 0 saturated heterocycles. The molecule has 2 aromatic carbocycles. The molecule has 0 aliphatic heterocycles. The van der Waals surface area contributed by atoms with Crippen LogP contribution in [0.2, 0.25) is 0 Å². The van der Waals surface area contributed by atoms with E-state index >= 15 is 0 Å². The Bertz CT molecular complexity index is 726. The van der Waals surface area contributed by atoms with E-state index in [-0.39, 0.29) is 16.7 Å². The Morgan fingerprint density at radius 2 is 1.71 bits per heavy atom. The van der Waals surface area contributed by atoms with Crippen molar-refractivity contribution < 1.29 is 28.2 Å². The highest BCUT2D eigenvalue weighted by Crippen LogP contribution is 2.26. The molecule has 1 N–H and O–H groups in total. The average molecular weight is 292 g/mol. The third kappa shape index (κ3) is 2.89. The summed E-state index contributed by atoms with van der Waals surface area (Å²) >= 11 is 0. The zero-order chi connectivity index (χ0) is 15.6. The number of esters is 1. The van der Waals surface area contributed by atoms with Crippen molar-refractivity contribution in [3.63, 3.8) is 0 Å². The fourth-order valence-corrected chi connectivity index (χ4v) is 1.85. The van der Waals surface area contributed by atoms with Gasteiger partial charge in [-0.25, -0.2) is 18.4 Å². The molecule has 0 aromatic heterocycles. The molecule has 2 aromatic rings. The Balaban J connectivity index is 2.58. The lowest BCUT2D eigenvalue weighted by Gasteiger charge is -2.07. The number of hydrogen-bond acceptors (Lipinski definition) is 3. The number of hydrogen-bond donors (Lipinski definition) is 1. The van der Waals surface area contributed by atoms with Crippen LogP contribution in [0.15, 0.2) is 36.4 Å². The number of rotatable bonds is 3. The number of carbonyl (C=O) groups is 2. The first-order valence-electron chi connectivity index (χ1n) is 5.85. The van der Waals surface area contributed by atoms with Crippen LogP contribution in [-0.4, -0.2) is 24.2 Å². The molecule has 0 saturated carbocycles. The fourth-order valence-electron chi connectivity index (χ4n) is 1.85. The van der Waals surface area contributed by atoms with Gasteiger partial charge < -0.3 is 9.84 Å². The minimum Gasteiger partial charge on any atom is -0.478 e. The van der Waals surface area contributed by atoms with E-state index in [1.165, 1.54) is 25.3 Å². The zero-order valence-electron chi connectivity index (χ0n) is 10.9. The van der Waals surface area contributed by atoms with E-state index in [0.717, 1.165) is 18.2 Å². The molecule has 0 unspecified atom stereocenters. The van der Waals surface area contributed by atoms with Gasteiger partial charge in [0.1, 0.15) is 11.6 Å². The van der Waals surface area contributed by atoms with Crippen LogP contribution in [0.1, 0.15) is 20.7 Å². The minimum atomic E-state index is -1.46. The number of benzene rings is 2. The van der Waals surface area contributed by atoms with Crippen LogP contribution in [0.25, 0.3) is 11.1 Å². The first-order chi connectivity index (χ1) is 9.93. The summed E-state index contributed by atoms with van der Waals surface area (Å²) in [6, 6.07) is 6.71. The standard InChI is InChI=1S/C15H10F2O4/c1-21-15(20)9-3-5-12(16)10(7-9)8-2-4-13(17)11(6-8)14(18)19/h2-7H,1H3,(H,18,19). The van der Waals surface area contributed by atoms with Gasteiger partial charge in [-0.1, -0.05) is 6.07 Å². The van der Waals surface area contributed by atoms with E-state index in [0.29, 0.717) is 0 Å². The molecule has 0 amide bonds. The summed E-state index contributed by atoms with van der Waals surface area (Å²) in [5, 5.41) is 8.88. The Morgan fingerprint density at radius 3 is 2.33 bits per heavy atom. The minimum absolute atomic E-state index is 0.0135.